The van der Waals surface area contributed by atoms with Crippen molar-refractivity contribution in [1.82, 2.24) is 15.0 Å². The van der Waals surface area contributed by atoms with Crippen LogP contribution in [0.2, 0.25) is 5.02 Å². The minimum Gasteiger partial charge on any atom is -0.465 e. The maximum Gasteiger partial charge on any atom is 0.342 e. The lowest BCUT2D eigenvalue weighted by Gasteiger charge is -2.10. The first kappa shape index (κ1) is 20.2. The first-order valence-electron chi connectivity index (χ1n) is 8.59. The van der Waals surface area contributed by atoms with Crippen LogP contribution in [0.5, 0.6) is 0 Å². The number of hydrogen-bond acceptors (Lipinski definition) is 6. The van der Waals surface area contributed by atoms with E-state index in [1.165, 1.54) is 18.5 Å². The zero-order valence-corrected chi connectivity index (χ0v) is 16.4. The average molecular weight is 411 g/mol. The molecule has 0 atom stereocenters. The number of rotatable bonds is 3. The molecule has 2 heterocycles. The smallest absolute Gasteiger partial charge is 0.342 e. The van der Waals surface area contributed by atoms with Crippen molar-refractivity contribution in [1.29, 1.82) is 0 Å². The fourth-order valence-electron chi connectivity index (χ4n) is 2.66. The number of pyridine rings is 1. The molecule has 0 aliphatic rings. The summed E-state index contributed by atoms with van der Waals surface area (Å²) in [6.45, 7) is 1.93. The molecule has 0 bridgehead atoms. The SMILES string of the molecule is CCc1ncnc(-c2cc(F)c(C(=O)OC)c(Cl)c2)c1C#Cc1ccc(N)nc1. The molecular formula is C21H16ClFN4O2. The summed E-state index contributed by atoms with van der Waals surface area (Å²) in [5.74, 6) is 4.76. The van der Waals surface area contributed by atoms with Crippen molar-refractivity contribution in [3.05, 3.63) is 70.0 Å². The van der Waals surface area contributed by atoms with Crippen LogP contribution in [-0.4, -0.2) is 28.0 Å². The largest absolute Gasteiger partial charge is 0.465 e. The number of hydrogen-bond donors (Lipinski definition) is 1. The number of aromatic nitrogens is 3. The molecule has 2 N–H and O–H groups in total. The van der Waals surface area contributed by atoms with Gasteiger partial charge in [0.15, 0.2) is 0 Å². The Kier molecular flexibility index (Phi) is 6.05. The van der Waals surface area contributed by atoms with E-state index < -0.39 is 11.8 Å². The van der Waals surface area contributed by atoms with Crippen LogP contribution < -0.4 is 5.73 Å². The molecule has 6 nitrogen and oxygen atoms in total. The van der Waals surface area contributed by atoms with Gasteiger partial charge in [-0.15, -0.1) is 0 Å². The number of esters is 1. The minimum atomic E-state index is -0.855. The molecule has 0 aliphatic heterocycles. The second-order valence-electron chi connectivity index (χ2n) is 5.93. The predicted octanol–water partition coefficient (Wildman–Crippen LogP) is 3.66. The summed E-state index contributed by atoms with van der Waals surface area (Å²) in [4.78, 5) is 24.3. The van der Waals surface area contributed by atoms with Gasteiger partial charge in [-0.2, -0.15) is 0 Å². The van der Waals surface area contributed by atoms with Gasteiger partial charge < -0.3 is 10.5 Å². The highest BCUT2D eigenvalue weighted by Crippen LogP contribution is 2.30. The minimum absolute atomic E-state index is 0.0786. The summed E-state index contributed by atoms with van der Waals surface area (Å²) in [6, 6.07) is 6.02. The lowest BCUT2D eigenvalue weighted by Crippen LogP contribution is -2.06. The number of nitrogens with two attached hydrogens (primary N) is 1. The first-order valence-corrected chi connectivity index (χ1v) is 8.97. The van der Waals surface area contributed by atoms with Gasteiger partial charge in [0.2, 0.25) is 0 Å². The first-order chi connectivity index (χ1) is 13.9. The highest BCUT2D eigenvalue weighted by atomic mass is 35.5. The van der Waals surface area contributed by atoms with Crippen LogP contribution in [0.3, 0.4) is 0 Å². The van der Waals surface area contributed by atoms with E-state index >= 15 is 0 Å². The van der Waals surface area contributed by atoms with E-state index in [0.717, 1.165) is 7.11 Å². The lowest BCUT2D eigenvalue weighted by molar-refractivity contribution is 0.0596. The Morgan fingerprint density at radius 1 is 1.24 bits per heavy atom. The van der Waals surface area contributed by atoms with Gasteiger partial charge in [0.1, 0.15) is 23.5 Å². The van der Waals surface area contributed by atoms with Crippen molar-refractivity contribution in [3.63, 3.8) is 0 Å². The predicted molar refractivity (Wildman–Crippen MR) is 108 cm³/mol. The van der Waals surface area contributed by atoms with E-state index in [1.807, 2.05) is 6.92 Å². The monoisotopic (exact) mass is 410 g/mol. The summed E-state index contributed by atoms with van der Waals surface area (Å²) >= 11 is 6.13. The van der Waals surface area contributed by atoms with Gasteiger partial charge in [0.25, 0.3) is 0 Å². The third-order valence-electron chi connectivity index (χ3n) is 4.08. The van der Waals surface area contributed by atoms with Crippen LogP contribution in [0.15, 0.2) is 36.8 Å². The van der Waals surface area contributed by atoms with Crippen LogP contribution in [0.1, 0.15) is 34.1 Å². The molecule has 146 valence electrons. The van der Waals surface area contributed by atoms with Crippen molar-refractivity contribution in [3.8, 4) is 23.1 Å². The van der Waals surface area contributed by atoms with E-state index in [1.54, 1.807) is 18.3 Å². The van der Waals surface area contributed by atoms with Gasteiger partial charge in [-0.1, -0.05) is 30.4 Å². The van der Waals surface area contributed by atoms with Crippen LogP contribution in [-0.2, 0) is 11.2 Å². The molecule has 0 saturated heterocycles. The molecule has 0 unspecified atom stereocenters. The summed E-state index contributed by atoms with van der Waals surface area (Å²) in [5.41, 5.74) is 7.92. The number of nitrogen functional groups attached to an aromatic ring is 1. The number of nitrogens with zero attached hydrogens (tertiary/aromatic N) is 3. The normalized spacial score (nSPS) is 10.2. The van der Waals surface area contributed by atoms with Gasteiger partial charge in [-0.3, -0.25) is 0 Å². The molecule has 29 heavy (non-hydrogen) atoms. The molecular weight excluding hydrogens is 395 g/mol. The highest BCUT2D eigenvalue weighted by molar-refractivity contribution is 6.34. The standard InChI is InChI=1S/C21H16ClFN4O2/c1-3-17-14(6-4-12-5-7-18(24)25-10-12)20(27-11-26-17)13-8-15(22)19(16(23)9-13)21(28)29-2/h5,7-11H,3H2,1-2H3,(H2,24,25). The Bertz CT molecular complexity index is 1110. The molecule has 3 rings (SSSR count). The highest BCUT2D eigenvalue weighted by Gasteiger charge is 2.20. The van der Waals surface area contributed by atoms with Gasteiger partial charge in [-0.25, -0.2) is 24.1 Å². The van der Waals surface area contributed by atoms with Crippen LogP contribution in [0, 0.1) is 17.7 Å². The zero-order chi connectivity index (χ0) is 21.0. The number of anilines is 1. The Labute approximate surface area is 171 Å². The number of carbonyl (C=O) groups is 1. The Hall–Kier alpha value is -3.50. The fourth-order valence-corrected chi connectivity index (χ4v) is 2.95. The number of halogens is 2. The molecule has 0 radical (unpaired) electrons. The van der Waals surface area contributed by atoms with Gasteiger partial charge in [-0.05, 0) is 30.7 Å². The summed E-state index contributed by atoms with van der Waals surface area (Å²) < 4.78 is 19.1. The van der Waals surface area contributed by atoms with Crippen LogP contribution in [0.25, 0.3) is 11.3 Å². The summed E-state index contributed by atoms with van der Waals surface area (Å²) in [7, 11) is 1.16. The quantitative estimate of drug-likeness (QED) is 0.523. The fraction of sp³-hybridized carbons (Fsp3) is 0.143. The number of ether oxygens (including phenoxy) is 1. The Morgan fingerprint density at radius 3 is 2.66 bits per heavy atom. The second kappa shape index (κ2) is 8.67. The van der Waals surface area contributed by atoms with Crippen LogP contribution >= 0.6 is 11.6 Å². The number of carbonyl (C=O) groups excluding carboxylic acids is 1. The van der Waals surface area contributed by atoms with E-state index in [-0.39, 0.29) is 10.6 Å². The summed E-state index contributed by atoms with van der Waals surface area (Å²) in [6.07, 6.45) is 3.53. The van der Waals surface area contributed by atoms with Crippen molar-refractivity contribution in [2.24, 2.45) is 0 Å². The zero-order valence-electron chi connectivity index (χ0n) is 15.7. The maximum absolute atomic E-state index is 14.6. The number of aryl methyl sites for hydroxylation is 1. The van der Waals surface area contributed by atoms with E-state index in [2.05, 4.69) is 31.5 Å². The molecule has 0 amide bonds. The van der Waals surface area contributed by atoms with E-state index in [9.17, 15) is 9.18 Å². The van der Waals surface area contributed by atoms with Gasteiger partial charge in [0, 0.05) is 17.3 Å². The Morgan fingerprint density at radius 2 is 2.03 bits per heavy atom. The van der Waals surface area contributed by atoms with E-state index in [4.69, 9.17) is 17.3 Å². The molecule has 2 aromatic heterocycles. The second-order valence-corrected chi connectivity index (χ2v) is 6.33. The molecule has 0 saturated carbocycles. The van der Waals surface area contributed by atoms with Crippen molar-refractivity contribution in [2.45, 2.75) is 13.3 Å². The van der Waals surface area contributed by atoms with Crippen LogP contribution in [0.4, 0.5) is 10.2 Å². The molecule has 3 aromatic rings. The maximum atomic E-state index is 14.6. The van der Waals surface area contributed by atoms with Crippen molar-refractivity contribution in [2.75, 3.05) is 12.8 Å². The molecule has 1 aromatic carbocycles. The topological polar surface area (TPSA) is 91.0 Å². The van der Waals surface area contributed by atoms with Crippen molar-refractivity contribution >= 4 is 23.4 Å². The third kappa shape index (κ3) is 4.33. The lowest BCUT2D eigenvalue weighted by atomic mass is 10.0. The van der Waals surface area contributed by atoms with Gasteiger partial charge >= 0.3 is 5.97 Å². The van der Waals surface area contributed by atoms with E-state index in [0.29, 0.717) is 40.3 Å². The molecule has 0 spiro atoms. The molecule has 8 heteroatoms. The third-order valence-corrected chi connectivity index (χ3v) is 4.38. The number of benzene rings is 1. The molecule has 0 fully saturated rings. The summed E-state index contributed by atoms with van der Waals surface area (Å²) in [5, 5.41) is -0.0786. The Balaban J connectivity index is 2.14. The van der Waals surface area contributed by atoms with Crippen molar-refractivity contribution < 1.29 is 13.9 Å². The average Bonchev–Trinajstić information content (AvgIpc) is 2.72. The number of methoxy groups -OCH3 is 1. The van der Waals surface area contributed by atoms with Gasteiger partial charge in [0.05, 0.1) is 29.1 Å². The molecule has 0 aliphatic carbocycles.